The Labute approximate surface area is 125 Å². The molecule has 1 N–H and O–H groups in total. The van der Waals surface area contributed by atoms with Gasteiger partial charge in [-0.1, -0.05) is 33.6 Å². The molecule has 0 radical (unpaired) electrons. The molecule has 0 spiro atoms. The van der Waals surface area contributed by atoms with E-state index in [9.17, 15) is 9.50 Å². The van der Waals surface area contributed by atoms with E-state index >= 15 is 0 Å². The summed E-state index contributed by atoms with van der Waals surface area (Å²) < 4.78 is 20.5. The second-order valence-electron chi connectivity index (χ2n) is 5.07. The first-order valence-electron chi connectivity index (χ1n) is 6.45. The fraction of sp³-hybridized carbons (Fsp3) is 0.250. The zero-order valence-electron chi connectivity index (χ0n) is 10.9. The third-order valence-electron chi connectivity index (χ3n) is 3.54. The highest BCUT2D eigenvalue weighted by Gasteiger charge is 2.29. The molecule has 1 heterocycles. The smallest absolute Gasteiger partial charge is 0.131 e. The van der Waals surface area contributed by atoms with Crippen LogP contribution in [0.25, 0.3) is 0 Å². The molecule has 0 amide bonds. The first kappa shape index (κ1) is 13.6. The second kappa shape index (κ2) is 5.19. The minimum absolute atomic E-state index is 0.327. The quantitative estimate of drug-likeness (QED) is 0.833. The van der Waals surface area contributed by atoms with Crippen LogP contribution in [0, 0.1) is 12.7 Å². The molecule has 0 saturated heterocycles. The van der Waals surface area contributed by atoms with Gasteiger partial charge in [0.2, 0.25) is 0 Å². The number of ether oxygens (including phenoxy) is 1. The molecule has 104 valence electrons. The average Bonchev–Trinajstić information content (AvgIpc) is 2.39. The van der Waals surface area contributed by atoms with Crippen molar-refractivity contribution in [1.29, 1.82) is 0 Å². The molecule has 20 heavy (non-hydrogen) atoms. The van der Waals surface area contributed by atoms with E-state index in [0.29, 0.717) is 22.2 Å². The van der Waals surface area contributed by atoms with Crippen molar-refractivity contribution in [3.8, 4) is 5.75 Å². The van der Waals surface area contributed by atoms with Crippen LogP contribution in [0.4, 0.5) is 4.39 Å². The van der Waals surface area contributed by atoms with Gasteiger partial charge in [-0.05, 0) is 31.2 Å². The van der Waals surface area contributed by atoms with Gasteiger partial charge in [-0.25, -0.2) is 4.39 Å². The zero-order valence-corrected chi connectivity index (χ0v) is 12.5. The fourth-order valence-electron chi connectivity index (χ4n) is 2.52. The molecule has 2 aromatic rings. The van der Waals surface area contributed by atoms with Gasteiger partial charge < -0.3 is 9.84 Å². The van der Waals surface area contributed by atoms with Crippen LogP contribution in [0.2, 0.25) is 0 Å². The van der Waals surface area contributed by atoms with E-state index in [2.05, 4.69) is 15.9 Å². The standard InChI is InChI=1S/C16H14BrFO2/c1-9-2-5-15-12(6-9)14(19)8-16(20-15)11-4-3-10(17)7-13(11)18/h2-7,14,16,19H,8H2,1H3/t14-,16?/m1/s1. The summed E-state index contributed by atoms with van der Waals surface area (Å²) in [6.45, 7) is 1.97. The van der Waals surface area contributed by atoms with Gasteiger partial charge in [-0.2, -0.15) is 0 Å². The lowest BCUT2D eigenvalue weighted by atomic mass is 9.94. The zero-order chi connectivity index (χ0) is 14.3. The van der Waals surface area contributed by atoms with Gasteiger partial charge in [0.25, 0.3) is 0 Å². The number of aryl methyl sites for hydroxylation is 1. The van der Waals surface area contributed by atoms with Crippen LogP contribution in [0.5, 0.6) is 5.75 Å². The average molecular weight is 337 g/mol. The van der Waals surface area contributed by atoms with Gasteiger partial charge in [0.1, 0.15) is 17.7 Å². The largest absolute Gasteiger partial charge is 0.485 e. The number of halogens is 2. The van der Waals surface area contributed by atoms with E-state index in [0.717, 1.165) is 11.1 Å². The number of rotatable bonds is 1. The minimum atomic E-state index is -0.633. The van der Waals surface area contributed by atoms with Gasteiger partial charge in [0, 0.05) is 22.0 Å². The number of hydrogen-bond donors (Lipinski definition) is 1. The number of aliphatic hydroxyl groups is 1. The molecule has 4 heteroatoms. The second-order valence-corrected chi connectivity index (χ2v) is 5.98. The summed E-state index contributed by atoms with van der Waals surface area (Å²) in [6, 6.07) is 10.5. The molecule has 1 unspecified atom stereocenters. The van der Waals surface area contributed by atoms with Crippen LogP contribution < -0.4 is 4.74 Å². The van der Waals surface area contributed by atoms with Crippen molar-refractivity contribution in [3.63, 3.8) is 0 Å². The Morgan fingerprint density at radius 1 is 1.20 bits per heavy atom. The lowest BCUT2D eigenvalue weighted by Crippen LogP contribution is -2.20. The van der Waals surface area contributed by atoms with E-state index in [1.54, 1.807) is 12.1 Å². The van der Waals surface area contributed by atoms with E-state index in [1.807, 2.05) is 25.1 Å². The van der Waals surface area contributed by atoms with Crippen LogP contribution in [-0.4, -0.2) is 5.11 Å². The molecule has 2 atom stereocenters. The lowest BCUT2D eigenvalue weighted by Gasteiger charge is -2.30. The summed E-state index contributed by atoms with van der Waals surface area (Å²) in [5, 5.41) is 10.3. The molecule has 1 aliphatic heterocycles. The molecule has 0 fully saturated rings. The fourth-order valence-corrected chi connectivity index (χ4v) is 2.85. The summed E-state index contributed by atoms with van der Waals surface area (Å²) >= 11 is 3.24. The van der Waals surface area contributed by atoms with E-state index in [-0.39, 0.29) is 5.82 Å². The number of aliphatic hydroxyl groups excluding tert-OH is 1. The predicted molar refractivity (Wildman–Crippen MR) is 78.2 cm³/mol. The van der Waals surface area contributed by atoms with Crippen molar-refractivity contribution >= 4 is 15.9 Å². The molecule has 0 bridgehead atoms. The van der Waals surface area contributed by atoms with Crippen LogP contribution >= 0.6 is 15.9 Å². The van der Waals surface area contributed by atoms with Gasteiger partial charge in [0.05, 0.1) is 6.10 Å². The highest BCUT2D eigenvalue weighted by Crippen LogP contribution is 2.41. The summed E-state index contributed by atoms with van der Waals surface area (Å²) in [6.07, 6.45) is -0.741. The highest BCUT2D eigenvalue weighted by atomic mass is 79.9. The van der Waals surface area contributed by atoms with Crippen molar-refractivity contribution in [2.75, 3.05) is 0 Å². The molecule has 3 rings (SSSR count). The lowest BCUT2D eigenvalue weighted by molar-refractivity contribution is 0.0639. The maximum Gasteiger partial charge on any atom is 0.131 e. The van der Waals surface area contributed by atoms with Crippen LogP contribution in [0.1, 0.15) is 35.3 Å². The highest BCUT2D eigenvalue weighted by molar-refractivity contribution is 9.10. The van der Waals surface area contributed by atoms with Crippen LogP contribution in [0.15, 0.2) is 40.9 Å². The minimum Gasteiger partial charge on any atom is -0.485 e. The Balaban J connectivity index is 1.97. The Morgan fingerprint density at radius 2 is 2.00 bits per heavy atom. The van der Waals surface area contributed by atoms with Crippen LogP contribution in [0.3, 0.4) is 0 Å². The van der Waals surface area contributed by atoms with Crippen LogP contribution in [-0.2, 0) is 0 Å². The maximum atomic E-state index is 14.0. The SMILES string of the molecule is Cc1ccc2c(c1)[C@H](O)CC(c1ccc(Br)cc1F)O2. The van der Waals surface area contributed by atoms with Crippen molar-refractivity contribution in [2.24, 2.45) is 0 Å². The Morgan fingerprint density at radius 3 is 2.75 bits per heavy atom. The summed E-state index contributed by atoms with van der Waals surface area (Å²) in [5.41, 5.74) is 2.32. The van der Waals surface area contributed by atoms with E-state index in [1.165, 1.54) is 6.07 Å². The Kier molecular flexibility index (Phi) is 3.52. The van der Waals surface area contributed by atoms with Gasteiger partial charge >= 0.3 is 0 Å². The van der Waals surface area contributed by atoms with Crippen molar-refractivity contribution in [2.45, 2.75) is 25.6 Å². The molecule has 2 aromatic carbocycles. The maximum absolute atomic E-state index is 14.0. The molecular weight excluding hydrogens is 323 g/mol. The molecule has 1 aliphatic rings. The first-order valence-corrected chi connectivity index (χ1v) is 7.24. The number of hydrogen-bond acceptors (Lipinski definition) is 2. The Hall–Kier alpha value is -1.39. The van der Waals surface area contributed by atoms with E-state index < -0.39 is 12.2 Å². The van der Waals surface area contributed by atoms with Gasteiger partial charge in [-0.3, -0.25) is 0 Å². The molecule has 0 saturated carbocycles. The van der Waals surface area contributed by atoms with E-state index in [4.69, 9.17) is 4.74 Å². The van der Waals surface area contributed by atoms with Crippen molar-refractivity contribution in [3.05, 3.63) is 63.4 Å². The van der Waals surface area contributed by atoms with Gasteiger partial charge in [0.15, 0.2) is 0 Å². The normalized spacial score (nSPS) is 21.2. The number of benzene rings is 2. The van der Waals surface area contributed by atoms with Crippen molar-refractivity contribution < 1.29 is 14.2 Å². The molecular formula is C16H14BrFO2. The van der Waals surface area contributed by atoms with Gasteiger partial charge in [-0.15, -0.1) is 0 Å². The summed E-state index contributed by atoms with van der Waals surface area (Å²) in [7, 11) is 0. The topological polar surface area (TPSA) is 29.5 Å². The molecule has 0 aromatic heterocycles. The summed E-state index contributed by atoms with van der Waals surface area (Å²) in [5.74, 6) is 0.300. The first-order chi connectivity index (χ1) is 9.54. The third kappa shape index (κ3) is 2.45. The molecule has 0 aliphatic carbocycles. The predicted octanol–water partition coefficient (Wildman–Crippen LogP) is 4.45. The monoisotopic (exact) mass is 336 g/mol. The third-order valence-corrected chi connectivity index (χ3v) is 4.03. The van der Waals surface area contributed by atoms with Crippen molar-refractivity contribution in [1.82, 2.24) is 0 Å². The Bertz CT molecular complexity index is 657. The summed E-state index contributed by atoms with van der Waals surface area (Å²) in [4.78, 5) is 0. The number of fused-ring (bicyclic) bond motifs is 1. The molecule has 2 nitrogen and oxygen atoms in total.